The predicted octanol–water partition coefficient (Wildman–Crippen LogP) is 5.27. The van der Waals surface area contributed by atoms with Gasteiger partial charge in [0.25, 0.3) is 0 Å². The lowest BCUT2D eigenvalue weighted by atomic mass is 10.1. The Morgan fingerprint density at radius 1 is 1.05 bits per heavy atom. The monoisotopic (exact) mass is 310 g/mol. The summed E-state index contributed by atoms with van der Waals surface area (Å²) in [5.41, 5.74) is 4.77. The molecule has 0 bridgehead atoms. The van der Waals surface area contributed by atoms with Gasteiger partial charge in [-0.1, -0.05) is 61.3 Å². The first-order valence-electron chi connectivity index (χ1n) is 7.62. The van der Waals surface area contributed by atoms with Crippen LogP contribution in [0.25, 0.3) is 11.3 Å². The minimum absolute atomic E-state index is 0.758. The van der Waals surface area contributed by atoms with Gasteiger partial charge in [0, 0.05) is 11.4 Å². The Morgan fingerprint density at radius 2 is 1.86 bits per heavy atom. The lowest BCUT2D eigenvalue weighted by molar-refractivity contribution is 0.922. The van der Waals surface area contributed by atoms with Crippen LogP contribution in [0.4, 0.5) is 0 Å². The van der Waals surface area contributed by atoms with E-state index >= 15 is 0 Å². The first kappa shape index (κ1) is 14.9. The number of imidazole rings is 1. The second kappa shape index (κ2) is 6.80. The number of benzene rings is 2. The summed E-state index contributed by atoms with van der Waals surface area (Å²) in [5.74, 6) is 0.954. The van der Waals surface area contributed by atoms with Crippen molar-refractivity contribution in [1.29, 1.82) is 0 Å². The fourth-order valence-corrected chi connectivity index (χ4v) is 2.79. The zero-order valence-electron chi connectivity index (χ0n) is 12.6. The molecule has 3 aromatic rings. The standard InChI is InChI=1S/C19H19ClN2/c1-2-4-14-7-9-16(10-8-14)18-13-21-19(22-18)12-15-5-3-6-17(20)11-15/h3,5-11,13H,2,4,12H2,1H3,(H,21,22). The first-order chi connectivity index (χ1) is 10.7. The van der Waals surface area contributed by atoms with E-state index in [2.05, 4.69) is 47.2 Å². The van der Waals surface area contributed by atoms with Gasteiger partial charge in [0.15, 0.2) is 0 Å². The van der Waals surface area contributed by atoms with Crippen molar-refractivity contribution in [3.63, 3.8) is 0 Å². The molecule has 0 atom stereocenters. The molecule has 0 radical (unpaired) electrons. The second-order valence-corrected chi connectivity index (χ2v) is 5.93. The molecule has 3 heteroatoms. The molecule has 1 aromatic heterocycles. The second-order valence-electron chi connectivity index (χ2n) is 5.50. The van der Waals surface area contributed by atoms with E-state index in [9.17, 15) is 0 Å². The number of nitrogens with zero attached hydrogens (tertiary/aromatic N) is 1. The molecule has 0 fully saturated rings. The normalized spacial score (nSPS) is 10.8. The average Bonchev–Trinajstić information content (AvgIpc) is 2.97. The molecule has 1 N–H and O–H groups in total. The van der Waals surface area contributed by atoms with E-state index in [0.29, 0.717) is 0 Å². The summed E-state index contributed by atoms with van der Waals surface area (Å²) in [6, 6.07) is 16.6. The highest BCUT2D eigenvalue weighted by atomic mass is 35.5. The molecule has 0 aliphatic heterocycles. The molecule has 22 heavy (non-hydrogen) atoms. The van der Waals surface area contributed by atoms with Gasteiger partial charge in [-0.25, -0.2) is 4.98 Å². The zero-order chi connectivity index (χ0) is 15.4. The molecule has 2 aromatic carbocycles. The molecule has 0 amide bonds. The number of nitrogens with one attached hydrogen (secondary N) is 1. The van der Waals surface area contributed by atoms with E-state index in [-0.39, 0.29) is 0 Å². The van der Waals surface area contributed by atoms with E-state index in [1.807, 2.05) is 24.4 Å². The molecule has 0 aliphatic rings. The third-order valence-corrected chi connectivity index (χ3v) is 3.93. The maximum absolute atomic E-state index is 6.02. The van der Waals surface area contributed by atoms with Crippen LogP contribution >= 0.6 is 11.6 Å². The van der Waals surface area contributed by atoms with E-state index in [4.69, 9.17) is 11.6 Å². The van der Waals surface area contributed by atoms with E-state index in [1.165, 1.54) is 17.5 Å². The molecule has 0 spiro atoms. The lowest BCUT2D eigenvalue weighted by Gasteiger charge is -2.02. The molecule has 112 valence electrons. The maximum atomic E-state index is 6.02. The largest absolute Gasteiger partial charge is 0.342 e. The third-order valence-electron chi connectivity index (χ3n) is 3.69. The van der Waals surface area contributed by atoms with Gasteiger partial charge < -0.3 is 4.98 Å². The van der Waals surface area contributed by atoms with Crippen LogP contribution < -0.4 is 0 Å². The summed E-state index contributed by atoms with van der Waals surface area (Å²) < 4.78 is 0. The Bertz CT molecular complexity index is 744. The fourth-order valence-electron chi connectivity index (χ4n) is 2.58. The summed E-state index contributed by atoms with van der Waals surface area (Å²) in [5, 5.41) is 0.760. The number of aryl methyl sites for hydroxylation is 1. The van der Waals surface area contributed by atoms with Gasteiger partial charge in [0.1, 0.15) is 5.82 Å². The van der Waals surface area contributed by atoms with Crippen molar-refractivity contribution in [2.75, 3.05) is 0 Å². The van der Waals surface area contributed by atoms with E-state index in [1.54, 1.807) is 0 Å². The van der Waals surface area contributed by atoms with Gasteiger partial charge in [0.05, 0.1) is 11.9 Å². The summed E-state index contributed by atoms with van der Waals surface area (Å²) in [6.45, 7) is 2.20. The van der Waals surface area contributed by atoms with Crippen molar-refractivity contribution in [2.45, 2.75) is 26.2 Å². The van der Waals surface area contributed by atoms with Crippen molar-refractivity contribution in [3.05, 3.63) is 76.7 Å². The zero-order valence-corrected chi connectivity index (χ0v) is 13.4. The summed E-state index contributed by atoms with van der Waals surface area (Å²) in [7, 11) is 0. The highest BCUT2D eigenvalue weighted by Gasteiger charge is 2.05. The van der Waals surface area contributed by atoms with E-state index < -0.39 is 0 Å². The number of H-pyrrole nitrogens is 1. The lowest BCUT2D eigenvalue weighted by Crippen LogP contribution is -1.90. The number of hydrogen-bond donors (Lipinski definition) is 1. The number of aromatic amines is 1. The van der Waals surface area contributed by atoms with Crippen molar-refractivity contribution in [2.24, 2.45) is 0 Å². The van der Waals surface area contributed by atoms with Gasteiger partial charge in [-0.05, 0) is 35.2 Å². The first-order valence-corrected chi connectivity index (χ1v) is 8.00. The van der Waals surface area contributed by atoms with Gasteiger partial charge in [0.2, 0.25) is 0 Å². The average molecular weight is 311 g/mol. The van der Waals surface area contributed by atoms with Gasteiger partial charge in [-0.3, -0.25) is 0 Å². The Labute approximate surface area is 136 Å². The Morgan fingerprint density at radius 3 is 2.59 bits per heavy atom. The smallest absolute Gasteiger partial charge is 0.110 e. The number of hydrogen-bond acceptors (Lipinski definition) is 1. The molecule has 0 aliphatic carbocycles. The van der Waals surface area contributed by atoms with Crippen LogP contribution in [0.5, 0.6) is 0 Å². The van der Waals surface area contributed by atoms with Crippen molar-refractivity contribution >= 4 is 11.6 Å². The van der Waals surface area contributed by atoms with Crippen LogP contribution in [0.15, 0.2) is 54.7 Å². The maximum Gasteiger partial charge on any atom is 0.110 e. The van der Waals surface area contributed by atoms with Crippen molar-refractivity contribution in [3.8, 4) is 11.3 Å². The Hall–Kier alpha value is -2.06. The van der Waals surface area contributed by atoms with Gasteiger partial charge in [-0.15, -0.1) is 0 Å². The molecular weight excluding hydrogens is 292 g/mol. The molecule has 0 saturated carbocycles. The molecule has 0 unspecified atom stereocenters. The van der Waals surface area contributed by atoms with Gasteiger partial charge in [-0.2, -0.15) is 0 Å². The van der Waals surface area contributed by atoms with Crippen molar-refractivity contribution < 1.29 is 0 Å². The van der Waals surface area contributed by atoms with E-state index in [0.717, 1.165) is 34.9 Å². The Balaban J connectivity index is 1.75. The van der Waals surface area contributed by atoms with Crippen LogP contribution in [0.1, 0.15) is 30.3 Å². The molecule has 0 saturated heterocycles. The minimum atomic E-state index is 0.758. The summed E-state index contributed by atoms with van der Waals surface area (Å²) in [6.07, 6.45) is 4.96. The SMILES string of the molecule is CCCc1ccc(-c2cnc(Cc3cccc(Cl)c3)[nH]2)cc1. The van der Waals surface area contributed by atoms with Crippen LogP contribution in [0.3, 0.4) is 0 Å². The summed E-state index contributed by atoms with van der Waals surface area (Å²) in [4.78, 5) is 7.87. The van der Waals surface area contributed by atoms with Crippen LogP contribution in [0, 0.1) is 0 Å². The quantitative estimate of drug-likeness (QED) is 0.683. The van der Waals surface area contributed by atoms with Crippen LogP contribution in [-0.2, 0) is 12.8 Å². The molecule has 1 heterocycles. The topological polar surface area (TPSA) is 28.7 Å². The molecule has 3 rings (SSSR count). The fraction of sp³-hybridized carbons (Fsp3) is 0.211. The third kappa shape index (κ3) is 3.58. The molecule has 2 nitrogen and oxygen atoms in total. The van der Waals surface area contributed by atoms with Crippen LogP contribution in [0.2, 0.25) is 5.02 Å². The summed E-state index contributed by atoms with van der Waals surface area (Å²) >= 11 is 6.02. The number of aromatic nitrogens is 2. The highest BCUT2D eigenvalue weighted by molar-refractivity contribution is 6.30. The van der Waals surface area contributed by atoms with Crippen molar-refractivity contribution in [1.82, 2.24) is 9.97 Å². The number of halogens is 1. The van der Waals surface area contributed by atoms with Crippen LogP contribution in [-0.4, -0.2) is 9.97 Å². The minimum Gasteiger partial charge on any atom is -0.342 e. The number of rotatable bonds is 5. The Kier molecular flexibility index (Phi) is 4.59. The molecular formula is C19H19ClN2. The van der Waals surface area contributed by atoms with Gasteiger partial charge >= 0.3 is 0 Å². The predicted molar refractivity (Wildman–Crippen MR) is 92.3 cm³/mol. The highest BCUT2D eigenvalue weighted by Crippen LogP contribution is 2.20.